The summed E-state index contributed by atoms with van der Waals surface area (Å²) in [5.41, 5.74) is 5.50. The summed E-state index contributed by atoms with van der Waals surface area (Å²) in [7, 11) is 0. The second kappa shape index (κ2) is 11.5. The van der Waals surface area contributed by atoms with Gasteiger partial charge in [0.05, 0.1) is 25.0 Å². The van der Waals surface area contributed by atoms with E-state index in [-0.39, 0.29) is 48.0 Å². The average Bonchev–Trinajstić information content (AvgIpc) is 2.77. The van der Waals surface area contributed by atoms with E-state index in [1.54, 1.807) is 6.92 Å². The molecule has 8 nitrogen and oxygen atoms in total. The molecular weight excluding hydrogens is 434 g/mol. The quantitative estimate of drug-likeness (QED) is 0.532. The van der Waals surface area contributed by atoms with E-state index in [2.05, 4.69) is 26.2 Å². The maximum Gasteiger partial charge on any atom is 0.282 e. The summed E-state index contributed by atoms with van der Waals surface area (Å²) in [6.45, 7) is 0.236. The zero-order valence-corrected chi connectivity index (χ0v) is 16.8. The van der Waals surface area contributed by atoms with Crippen LogP contribution in [0.25, 0.3) is 0 Å². The summed E-state index contributed by atoms with van der Waals surface area (Å²) in [4.78, 5) is 24.2. The number of aromatic nitrogens is 2. The lowest BCUT2D eigenvalue weighted by molar-refractivity contribution is 0.102. The fraction of sp³-hybridized carbons (Fsp3) is 0.300. The van der Waals surface area contributed by atoms with Gasteiger partial charge in [0.2, 0.25) is 12.8 Å². The van der Waals surface area contributed by atoms with Crippen molar-refractivity contribution in [3.05, 3.63) is 47.4 Å². The van der Waals surface area contributed by atoms with Gasteiger partial charge in [0.25, 0.3) is 11.9 Å². The van der Waals surface area contributed by atoms with Crippen LogP contribution in [0.4, 0.5) is 23.2 Å². The Kier molecular flexibility index (Phi) is 8.76. The van der Waals surface area contributed by atoms with Gasteiger partial charge in [-0.15, -0.1) is 6.42 Å². The van der Waals surface area contributed by atoms with E-state index in [0.29, 0.717) is 0 Å². The van der Waals surface area contributed by atoms with Crippen molar-refractivity contribution in [2.75, 3.05) is 25.5 Å². The van der Waals surface area contributed by atoms with Gasteiger partial charge in [0.1, 0.15) is 5.69 Å². The second-order valence-corrected chi connectivity index (χ2v) is 6.35. The molecule has 2 aromatic rings. The summed E-state index contributed by atoms with van der Waals surface area (Å²) in [6, 6.07) is 1.32. The van der Waals surface area contributed by atoms with Gasteiger partial charge in [-0.3, -0.25) is 4.79 Å². The lowest BCUT2D eigenvalue weighted by Gasteiger charge is -2.26. The predicted molar refractivity (Wildman–Crippen MR) is 107 cm³/mol. The molecule has 0 bridgehead atoms. The number of carbonyl (C=O) groups is 1. The number of alkyl halides is 2. The smallest absolute Gasteiger partial charge is 0.282 e. The molecule has 0 saturated heterocycles. The van der Waals surface area contributed by atoms with E-state index in [9.17, 15) is 22.4 Å². The Bertz CT molecular complexity index is 1010. The second-order valence-electron chi connectivity index (χ2n) is 6.35. The molecule has 1 unspecified atom stereocenters. The number of hydrogen-bond acceptors (Lipinski definition) is 7. The Hall–Kier alpha value is -3.88. The van der Waals surface area contributed by atoms with Crippen LogP contribution in [0.5, 0.6) is 5.88 Å². The van der Waals surface area contributed by atoms with Gasteiger partial charge >= 0.3 is 0 Å². The van der Waals surface area contributed by atoms with E-state index < -0.39 is 30.5 Å². The highest BCUT2D eigenvalue weighted by atomic mass is 19.3. The number of amides is 1. The topological polar surface area (TPSA) is 112 Å². The van der Waals surface area contributed by atoms with Crippen LogP contribution in [0.2, 0.25) is 0 Å². The fourth-order valence-electron chi connectivity index (χ4n) is 2.70. The third kappa shape index (κ3) is 6.31. The number of amidine groups is 1. The van der Waals surface area contributed by atoms with Gasteiger partial charge in [-0.05, 0) is 6.07 Å². The number of rotatable bonds is 5. The van der Waals surface area contributed by atoms with Crippen molar-refractivity contribution in [3.63, 3.8) is 0 Å². The Morgan fingerprint density at radius 2 is 2.06 bits per heavy atom. The normalized spacial score (nSPS) is 17.1. The maximum absolute atomic E-state index is 14.4. The predicted octanol–water partition coefficient (Wildman–Crippen LogP) is 2.92. The molecule has 0 spiro atoms. The van der Waals surface area contributed by atoms with Gasteiger partial charge < -0.3 is 20.5 Å². The van der Waals surface area contributed by atoms with Crippen LogP contribution in [-0.4, -0.2) is 42.0 Å². The van der Waals surface area contributed by atoms with Crippen molar-refractivity contribution < 1.29 is 31.8 Å². The lowest BCUT2D eigenvalue weighted by atomic mass is 9.94. The van der Waals surface area contributed by atoms with Crippen LogP contribution in [0.1, 0.15) is 29.0 Å². The van der Waals surface area contributed by atoms with Crippen LogP contribution in [-0.2, 0) is 4.74 Å². The summed E-state index contributed by atoms with van der Waals surface area (Å²) < 4.78 is 58.0. The molecule has 3 N–H and O–H groups in total. The minimum atomic E-state index is -1.75. The zero-order chi connectivity index (χ0) is 23.7. The highest BCUT2D eigenvalue weighted by Gasteiger charge is 2.29. The van der Waals surface area contributed by atoms with Crippen LogP contribution in [0.15, 0.2) is 29.5 Å². The number of ether oxygens (including phenoxy) is 2. The molecular formula is C20H19F4N5O3. The molecule has 0 aliphatic carbocycles. The van der Waals surface area contributed by atoms with Gasteiger partial charge in [0.15, 0.2) is 18.2 Å². The number of hydrogen-bond donors (Lipinski definition) is 2. The fourth-order valence-corrected chi connectivity index (χ4v) is 2.70. The largest absolute Gasteiger partial charge is 0.465 e. The van der Waals surface area contributed by atoms with E-state index >= 15 is 0 Å². The van der Waals surface area contributed by atoms with Crippen LogP contribution in [0.3, 0.4) is 0 Å². The third-order valence-electron chi connectivity index (χ3n) is 4.10. The number of anilines is 1. The van der Waals surface area contributed by atoms with Crippen molar-refractivity contribution in [1.82, 2.24) is 9.97 Å². The molecule has 32 heavy (non-hydrogen) atoms. The molecule has 0 radical (unpaired) electrons. The summed E-state index contributed by atoms with van der Waals surface area (Å²) in [6.07, 6.45) is 7.48. The van der Waals surface area contributed by atoms with E-state index in [4.69, 9.17) is 21.6 Å². The van der Waals surface area contributed by atoms with Crippen molar-refractivity contribution in [2.24, 2.45) is 16.6 Å². The van der Waals surface area contributed by atoms with Crippen molar-refractivity contribution >= 4 is 17.6 Å². The molecule has 0 fully saturated rings. The number of nitrogens with one attached hydrogen (secondary N) is 1. The molecule has 0 saturated carbocycles. The number of nitrogens with two attached hydrogens (primary N) is 1. The van der Waals surface area contributed by atoms with Crippen LogP contribution < -0.4 is 15.8 Å². The summed E-state index contributed by atoms with van der Waals surface area (Å²) in [5, 5.41) is 2.46. The molecule has 170 valence electrons. The summed E-state index contributed by atoms with van der Waals surface area (Å²) >= 11 is 0. The minimum absolute atomic E-state index is 0.00941. The van der Waals surface area contributed by atoms with Gasteiger partial charge in [0, 0.05) is 23.2 Å². The first kappa shape index (κ1) is 24.4. The number of halogens is 4. The van der Waals surface area contributed by atoms with Crippen molar-refractivity contribution in [2.45, 2.75) is 13.0 Å². The SMILES string of the molecule is C#CCOc1cnc(C(=O)Nc2cc(F)c(F)c(C3N=C(N)OC[C@@H]3C)c2)cn1.FCF. The Morgan fingerprint density at radius 1 is 1.34 bits per heavy atom. The van der Waals surface area contributed by atoms with Crippen LogP contribution in [0, 0.1) is 29.9 Å². The highest BCUT2D eigenvalue weighted by Crippen LogP contribution is 2.33. The number of nitrogens with zero attached hydrogens (tertiary/aromatic N) is 3. The monoisotopic (exact) mass is 453 g/mol. The Labute approximate surface area is 180 Å². The molecule has 1 aromatic carbocycles. The summed E-state index contributed by atoms with van der Waals surface area (Å²) in [5.74, 6) is -0.679. The molecule has 1 aliphatic rings. The minimum Gasteiger partial charge on any atom is -0.465 e. The number of benzene rings is 1. The molecule has 1 aliphatic heterocycles. The van der Waals surface area contributed by atoms with Gasteiger partial charge in [-0.25, -0.2) is 32.5 Å². The van der Waals surface area contributed by atoms with E-state index in [0.717, 1.165) is 6.07 Å². The Morgan fingerprint density at radius 3 is 2.69 bits per heavy atom. The van der Waals surface area contributed by atoms with Gasteiger partial charge in [-0.1, -0.05) is 12.8 Å². The average molecular weight is 453 g/mol. The van der Waals surface area contributed by atoms with E-state index in [1.165, 1.54) is 18.5 Å². The molecule has 12 heteroatoms. The molecule has 3 rings (SSSR count). The van der Waals surface area contributed by atoms with Gasteiger partial charge in [-0.2, -0.15) is 0 Å². The first-order valence-electron chi connectivity index (χ1n) is 9.07. The standard InChI is InChI=1S/C19H17F2N5O3.CH2F2/c1-3-4-28-15-8-23-14(7-24-15)18(27)25-11-5-12(16(21)13(20)6-11)17-10(2)9-29-19(22)26-17;2-1-3/h1,5-8,10,17H,4,9H2,2H3,(H2,22,26)(H,25,27);1H2/t10-,17?;/m0./s1. The molecule has 1 amide bonds. The lowest BCUT2D eigenvalue weighted by Crippen LogP contribution is -2.30. The van der Waals surface area contributed by atoms with E-state index in [1.807, 2.05) is 0 Å². The third-order valence-corrected chi connectivity index (χ3v) is 4.10. The van der Waals surface area contributed by atoms with Crippen molar-refractivity contribution in [1.29, 1.82) is 0 Å². The number of aliphatic imine (C=N–C) groups is 1. The molecule has 1 aromatic heterocycles. The molecule has 2 atom stereocenters. The Balaban J connectivity index is 0.00000114. The number of terminal acetylenes is 1. The first-order valence-corrected chi connectivity index (χ1v) is 9.07. The first-order chi connectivity index (χ1) is 15.3. The zero-order valence-electron chi connectivity index (χ0n) is 16.8. The molecule has 2 heterocycles. The maximum atomic E-state index is 14.4. The van der Waals surface area contributed by atoms with Crippen LogP contribution >= 0.6 is 0 Å². The number of carbonyl (C=O) groups excluding carboxylic acids is 1. The van der Waals surface area contributed by atoms with Crippen molar-refractivity contribution in [3.8, 4) is 18.2 Å². The highest BCUT2D eigenvalue weighted by molar-refractivity contribution is 6.02.